The van der Waals surface area contributed by atoms with Gasteiger partial charge in [-0.25, -0.2) is 9.97 Å². The number of rotatable bonds is 1. The van der Waals surface area contributed by atoms with Crippen LogP contribution in [0.1, 0.15) is 41.9 Å². The molecule has 1 aliphatic carbocycles. The topological polar surface area (TPSA) is 34.0 Å². The highest BCUT2D eigenvalue weighted by Crippen LogP contribution is 2.41. The Morgan fingerprint density at radius 3 is 3.04 bits per heavy atom. The van der Waals surface area contributed by atoms with Crippen LogP contribution in [0.5, 0.6) is 0 Å². The molecule has 0 aromatic carbocycles. The zero-order valence-electron chi connectivity index (χ0n) is 13.3. The van der Waals surface area contributed by atoms with Crippen molar-refractivity contribution in [2.45, 2.75) is 45.2 Å². The van der Waals surface area contributed by atoms with Crippen LogP contribution >= 0.6 is 11.3 Å². The quantitative estimate of drug-likeness (QED) is 0.679. The van der Waals surface area contributed by atoms with Crippen LogP contribution in [0.4, 0.5) is 5.82 Å². The van der Waals surface area contributed by atoms with Crippen molar-refractivity contribution in [1.82, 2.24) is 14.5 Å². The third-order valence-electron chi connectivity index (χ3n) is 5.35. The Bertz CT molecular complexity index is 878. The Kier molecular flexibility index (Phi) is 2.98. The number of hydrogen-bond donors (Lipinski definition) is 0. The molecular weight excluding hydrogens is 304 g/mol. The molecule has 0 saturated heterocycles. The van der Waals surface area contributed by atoms with Crippen molar-refractivity contribution >= 4 is 27.4 Å². The SMILES string of the molecule is CC1c2cccn2CCN1c1ncnc2sc3c(c12)CCCC3. The summed E-state index contributed by atoms with van der Waals surface area (Å²) in [6.45, 7) is 4.34. The minimum Gasteiger partial charge on any atom is -0.348 e. The molecule has 5 rings (SSSR count). The summed E-state index contributed by atoms with van der Waals surface area (Å²) in [5.41, 5.74) is 2.91. The number of hydrogen-bond acceptors (Lipinski definition) is 4. The first kappa shape index (κ1) is 13.5. The number of fused-ring (bicyclic) bond motifs is 4. The van der Waals surface area contributed by atoms with E-state index in [-0.39, 0.29) is 0 Å². The van der Waals surface area contributed by atoms with Gasteiger partial charge in [-0.05, 0) is 50.3 Å². The van der Waals surface area contributed by atoms with E-state index in [1.54, 1.807) is 11.2 Å². The van der Waals surface area contributed by atoms with Crippen molar-refractivity contribution in [3.8, 4) is 0 Å². The van der Waals surface area contributed by atoms with Crippen LogP contribution in [0.3, 0.4) is 0 Å². The van der Waals surface area contributed by atoms with Crippen molar-refractivity contribution in [3.05, 3.63) is 40.8 Å². The molecule has 3 aromatic heterocycles. The van der Waals surface area contributed by atoms with E-state index < -0.39 is 0 Å². The van der Waals surface area contributed by atoms with Crippen LogP contribution in [-0.4, -0.2) is 21.1 Å². The van der Waals surface area contributed by atoms with Crippen LogP contribution in [0.15, 0.2) is 24.7 Å². The van der Waals surface area contributed by atoms with Crippen molar-refractivity contribution in [3.63, 3.8) is 0 Å². The Balaban J connectivity index is 1.67. The summed E-state index contributed by atoms with van der Waals surface area (Å²) in [5.74, 6) is 1.15. The van der Waals surface area contributed by atoms with Gasteiger partial charge in [-0.3, -0.25) is 0 Å². The minimum atomic E-state index is 0.357. The summed E-state index contributed by atoms with van der Waals surface area (Å²) in [6.07, 6.45) is 8.95. The van der Waals surface area contributed by atoms with Crippen LogP contribution in [-0.2, 0) is 19.4 Å². The summed E-state index contributed by atoms with van der Waals surface area (Å²) in [7, 11) is 0. The number of aryl methyl sites for hydroxylation is 2. The van der Waals surface area contributed by atoms with Crippen molar-refractivity contribution < 1.29 is 0 Å². The lowest BCUT2D eigenvalue weighted by Crippen LogP contribution is -2.37. The van der Waals surface area contributed by atoms with Gasteiger partial charge in [-0.2, -0.15) is 0 Å². The molecule has 5 heteroatoms. The van der Waals surface area contributed by atoms with E-state index in [0.29, 0.717) is 6.04 Å². The van der Waals surface area contributed by atoms with Gasteiger partial charge in [-0.15, -0.1) is 11.3 Å². The lowest BCUT2D eigenvalue weighted by molar-refractivity contribution is 0.507. The molecule has 1 aliphatic heterocycles. The lowest BCUT2D eigenvalue weighted by atomic mass is 9.96. The standard InChI is InChI=1S/C18H20N4S/c1-12-14-6-4-8-21(14)9-10-22(12)17-16-13-5-2-3-7-15(13)23-18(16)20-11-19-17/h4,6,8,11-12H,2-3,5,7,9-10H2,1H3. The molecule has 0 bridgehead atoms. The molecule has 4 nitrogen and oxygen atoms in total. The van der Waals surface area contributed by atoms with E-state index in [2.05, 4.69) is 39.7 Å². The molecule has 0 N–H and O–H groups in total. The monoisotopic (exact) mass is 324 g/mol. The molecule has 118 valence electrons. The molecule has 2 aliphatic rings. The maximum Gasteiger partial charge on any atom is 0.141 e. The average molecular weight is 324 g/mol. The zero-order valence-corrected chi connectivity index (χ0v) is 14.1. The van der Waals surface area contributed by atoms with E-state index >= 15 is 0 Å². The van der Waals surface area contributed by atoms with E-state index in [4.69, 9.17) is 4.98 Å². The fraction of sp³-hybridized carbons (Fsp3) is 0.444. The highest BCUT2D eigenvalue weighted by atomic mass is 32.1. The highest BCUT2D eigenvalue weighted by Gasteiger charge is 2.28. The Morgan fingerprint density at radius 2 is 2.09 bits per heavy atom. The van der Waals surface area contributed by atoms with Crippen molar-refractivity contribution in [2.24, 2.45) is 0 Å². The van der Waals surface area contributed by atoms with Gasteiger partial charge in [0.25, 0.3) is 0 Å². The van der Waals surface area contributed by atoms with Gasteiger partial charge in [-0.1, -0.05) is 0 Å². The lowest BCUT2D eigenvalue weighted by Gasteiger charge is -2.36. The fourth-order valence-electron chi connectivity index (χ4n) is 4.16. The predicted octanol–water partition coefficient (Wildman–Crippen LogP) is 3.95. The first-order valence-corrected chi connectivity index (χ1v) is 9.31. The Labute approximate surface area is 139 Å². The molecule has 0 radical (unpaired) electrons. The molecule has 1 unspecified atom stereocenters. The summed E-state index contributed by atoms with van der Waals surface area (Å²) >= 11 is 1.88. The number of anilines is 1. The van der Waals surface area contributed by atoms with Gasteiger partial charge >= 0.3 is 0 Å². The van der Waals surface area contributed by atoms with E-state index in [9.17, 15) is 0 Å². The van der Waals surface area contributed by atoms with Crippen LogP contribution in [0.25, 0.3) is 10.2 Å². The maximum absolute atomic E-state index is 4.73. The predicted molar refractivity (Wildman–Crippen MR) is 94.3 cm³/mol. The van der Waals surface area contributed by atoms with Gasteiger partial charge in [0.05, 0.1) is 11.4 Å². The van der Waals surface area contributed by atoms with E-state index in [1.165, 1.54) is 47.2 Å². The van der Waals surface area contributed by atoms with Gasteiger partial charge in [0, 0.05) is 29.9 Å². The minimum absolute atomic E-state index is 0.357. The molecular formula is C18H20N4S. The van der Waals surface area contributed by atoms with Crippen LogP contribution < -0.4 is 4.90 Å². The van der Waals surface area contributed by atoms with Crippen molar-refractivity contribution in [1.29, 1.82) is 0 Å². The third kappa shape index (κ3) is 1.96. The largest absolute Gasteiger partial charge is 0.348 e. The first-order valence-electron chi connectivity index (χ1n) is 8.50. The van der Waals surface area contributed by atoms with Crippen LogP contribution in [0, 0.1) is 0 Å². The number of nitrogens with zero attached hydrogens (tertiary/aromatic N) is 4. The molecule has 4 heterocycles. The van der Waals surface area contributed by atoms with E-state index in [1.807, 2.05) is 11.3 Å². The normalized spacial score (nSPS) is 20.6. The second-order valence-corrected chi connectivity index (χ2v) is 7.67. The molecule has 1 atom stereocenters. The zero-order chi connectivity index (χ0) is 15.4. The molecule has 0 saturated carbocycles. The molecule has 0 spiro atoms. The van der Waals surface area contributed by atoms with E-state index in [0.717, 1.165) is 18.9 Å². The molecule has 23 heavy (non-hydrogen) atoms. The van der Waals surface area contributed by atoms with Gasteiger partial charge in [0.2, 0.25) is 0 Å². The number of thiophene rings is 1. The highest BCUT2D eigenvalue weighted by molar-refractivity contribution is 7.19. The van der Waals surface area contributed by atoms with Gasteiger partial charge < -0.3 is 9.47 Å². The van der Waals surface area contributed by atoms with Gasteiger partial charge in [0.1, 0.15) is 17.0 Å². The molecule has 0 fully saturated rings. The fourth-order valence-corrected chi connectivity index (χ4v) is 5.38. The first-order chi connectivity index (χ1) is 11.3. The van der Waals surface area contributed by atoms with Gasteiger partial charge in [0.15, 0.2) is 0 Å². The molecule has 3 aromatic rings. The van der Waals surface area contributed by atoms with Crippen molar-refractivity contribution in [2.75, 3.05) is 11.4 Å². The summed E-state index contributed by atoms with van der Waals surface area (Å²) in [6, 6.07) is 4.74. The average Bonchev–Trinajstić information content (AvgIpc) is 3.19. The molecule has 0 amide bonds. The summed E-state index contributed by atoms with van der Waals surface area (Å²) in [5, 5.41) is 1.33. The second-order valence-electron chi connectivity index (χ2n) is 6.58. The summed E-state index contributed by atoms with van der Waals surface area (Å²) in [4.78, 5) is 14.5. The number of aromatic nitrogens is 3. The summed E-state index contributed by atoms with van der Waals surface area (Å²) < 4.78 is 2.36. The maximum atomic E-state index is 4.73. The van der Waals surface area contributed by atoms with Crippen LogP contribution in [0.2, 0.25) is 0 Å². The third-order valence-corrected chi connectivity index (χ3v) is 6.55. The Hall–Kier alpha value is -1.88. The smallest absolute Gasteiger partial charge is 0.141 e. The Morgan fingerprint density at radius 1 is 1.17 bits per heavy atom. The second kappa shape index (κ2) is 5.06.